The highest BCUT2D eigenvalue weighted by atomic mass is 35.5. The molecule has 9 heteroatoms. The maximum Gasteiger partial charge on any atom is 0.283 e. The van der Waals surface area contributed by atoms with E-state index in [1.807, 2.05) is 4.90 Å². The van der Waals surface area contributed by atoms with Crippen molar-refractivity contribution in [3.8, 4) is 5.75 Å². The second-order valence-corrected chi connectivity index (χ2v) is 9.47. The molecule has 2 aromatic rings. The molecule has 7 nitrogen and oxygen atoms in total. The molecule has 0 aliphatic carbocycles. The Kier molecular flexibility index (Phi) is 7.14. The molecule has 2 atom stereocenters. The summed E-state index contributed by atoms with van der Waals surface area (Å²) >= 11 is 7.56. The molecule has 33 heavy (non-hydrogen) atoms. The Bertz CT molecular complexity index is 1090. The number of thioether (sulfide) groups is 1. The fraction of sp³-hybridized carbons (Fsp3) is 0.375. The first-order valence-corrected chi connectivity index (χ1v) is 12.2. The molecule has 0 spiro atoms. The first-order valence-electron chi connectivity index (χ1n) is 10.8. The lowest BCUT2D eigenvalue weighted by Gasteiger charge is -2.39. The smallest absolute Gasteiger partial charge is 0.283 e. The third-order valence-electron chi connectivity index (χ3n) is 5.85. The Labute approximate surface area is 202 Å². The highest BCUT2D eigenvalue weighted by Crippen LogP contribution is 2.35. The Balaban J connectivity index is 1.60. The molecule has 0 bridgehead atoms. The van der Waals surface area contributed by atoms with Crippen LogP contribution < -0.4 is 9.64 Å². The Morgan fingerprint density at radius 3 is 2.70 bits per heavy atom. The maximum absolute atomic E-state index is 13.3. The van der Waals surface area contributed by atoms with Gasteiger partial charge in [0, 0.05) is 18.2 Å². The molecule has 1 fully saturated rings. The lowest BCUT2D eigenvalue weighted by atomic mass is 9.98. The summed E-state index contributed by atoms with van der Waals surface area (Å²) in [5.41, 5.74) is 0.776. The number of piperidine rings is 1. The average Bonchev–Trinajstić information content (AvgIpc) is 3.40. The number of nitrogens with zero attached hydrogens (tertiary/aromatic N) is 3. The van der Waals surface area contributed by atoms with E-state index in [0.717, 1.165) is 19.3 Å². The molecular formula is C24H26ClN3O4S. The van der Waals surface area contributed by atoms with Crippen molar-refractivity contribution in [2.75, 3.05) is 17.8 Å². The minimum Gasteiger partial charge on any atom is -0.495 e. The molecule has 4 rings (SSSR count). The predicted octanol–water partition coefficient (Wildman–Crippen LogP) is 5.21. The van der Waals surface area contributed by atoms with Crippen molar-refractivity contribution in [3.05, 3.63) is 53.1 Å². The van der Waals surface area contributed by atoms with E-state index in [9.17, 15) is 9.59 Å². The highest BCUT2D eigenvalue weighted by molar-refractivity contribution is 8.14. The molecule has 0 N–H and O–H groups in total. The number of halogens is 1. The zero-order valence-electron chi connectivity index (χ0n) is 18.8. The number of carbonyl (C=O) groups is 2. The van der Waals surface area contributed by atoms with Crippen LogP contribution in [0.4, 0.5) is 5.69 Å². The van der Waals surface area contributed by atoms with E-state index in [0.29, 0.717) is 27.4 Å². The number of hydrogen-bond donors (Lipinski definition) is 0. The lowest BCUT2D eigenvalue weighted by molar-refractivity contribution is -0.134. The van der Waals surface area contributed by atoms with Gasteiger partial charge in [-0.3, -0.25) is 14.5 Å². The molecule has 1 aromatic carbocycles. The summed E-state index contributed by atoms with van der Waals surface area (Å²) < 4.78 is 10.6. The summed E-state index contributed by atoms with van der Waals surface area (Å²) in [5.74, 6) is 0.948. The van der Waals surface area contributed by atoms with Crippen molar-refractivity contribution in [3.63, 3.8) is 0 Å². The van der Waals surface area contributed by atoms with Gasteiger partial charge in [0.2, 0.25) is 5.91 Å². The minimum absolute atomic E-state index is 0.0472. The van der Waals surface area contributed by atoms with Gasteiger partial charge in [0.1, 0.15) is 17.2 Å². The monoisotopic (exact) mass is 487 g/mol. The van der Waals surface area contributed by atoms with Crippen LogP contribution in [-0.2, 0) is 9.59 Å². The van der Waals surface area contributed by atoms with Gasteiger partial charge in [-0.25, -0.2) is 4.99 Å². The molecule has 0 radical (unpaired) electrons. The Morgan fingerprint density at radius 2 is 2.06 bits per heavy atom. The molecule has 1 aromatic heterocycles. The molecule has 2 aliphatic rings. The normalized spacial score (nSPS) is 22.1. The van der Waals surface area contributed by atoms with Gasteiger partial charge in [0.25, 0.3) is 5.91 Å². The summed E-state index contributed by atoms with van der Waals surface area (Å²) in [6, 6.07) is 9.00. The quantitative estimate of drug-likeness (QED) is 0.541. The van der Waals surface area contributed by atoms with Gasteiger partial charge in [-0.05, 0) is 63.4 Å². The minimum atomic E-state index is -0.317. The second kappa shape index (κ2) is 10.1. The van der Waals surface area contributed by atoms with Crippen molar-refractivity contribution in [1.29, 1.82) is 0 Å². The number of rotatable bonds is 5. The molecule has 0 saturated carbocycles. The van der Waals surface area contributed by atoms with Crippen LogP contribution in [0.1, 0.15) is 38.9 Å². The number of amidine groups is 1. The highest BCUT2D eigenvalue weighted by Gasteiger charge is 2.34. The van der Waals surface area contributed by atoms with Crippen molar-refractivity contribution >= 4 is 52.1 Å². The van der Waals surface area contributed by atoms with Crippen LogP contribution in [0.5, 0.6) is 5.75 Å². The van der Waals surface area contributed by atoms with E-state index in [1.54, 1.807) is 36.4 Å². The predicted molar refractivity (Wildman–Crippen MR) is 132 cm³/mol. The van der Waals surface area contributed by atoms with E-state index in [4.69, 9.17) is 20.8 Å². The Hall–Kier alpha value is -2.71. The van der Waals surface area contributed by atoms with Crippen molar-refractivity contribution in [2.45, 2.75) is 45.2 Å². The fourth-order valence-electron chi connectivity index (χ4n) is 4.24. The average molecular weight is 488 g/mol. The molecular weight excluding hydrogens is 462 g/mol. The zero-order chi connectivity index (χ0) is 23.5. The summed E-state index contributed by atoms with van der Waals surface area (Å²) in [6.45, 7) is 4.18. The van der Waals surface area contributed by atoms with E-state index >= 15 is 0 Å². The molecule has 2 aliphatic heterocycles. The summed E-state index contributed by atoms with van der Waals surface area (Å²) in [6.07, 6.45) is 6.27. The lowest BCUT2D eigenvalue weighted by Crippen LogP contribution is -2.48. The van der Waals surface area contributed by atoms with Gasteiger partial charge in [0.05, 0.1) is 29.8 Å². The van der Waals surface area contributed by atoms with E-state index in [1.165, 1.54) is 30.0 Å². The molecule has 3 heterocycles. The number of carbonyl (C=O) groups excluding carboxylic acids is 2. The van der Waals surface area contributed by atoms with E-state index in [2.05, 4.69) is 18.8 Å². The topological polar surface area (TPSA) is 75.3 Å². The van der Waals surface area contributed by atoms with Crippen LogP contribution in [0.2, 0.25) is 5.02 Å². The first kappa shape index (κ1) is 23.4. The third kappa shape index (κ3) is 4.96. The van der Waals surface area contributed by atoms with Gasteiger partial charge >= 0.3 is 0 Å². The largest absolute Gasteiger partial charge is 0.495 e. The van der Waals surface area contributed by atoms with Crippen LogP contribution in [-0.4, -0.2) is 46.8 Å². The van der Waals surface area contributed by atoms with Gasteiger partial charge in [-0.15, -0.1) is 0 Å². The maximum atomic E-state index is 13.3. The number of benzene rings is 1. The van der Waals surface area contributed by atoms with Crippen LogP contribution >= 0.6 is 23.4 Å². The van der Waals surface area contributed by atoms with E-state index in [-0.39, 0.29) is 35.3 Å². The van der Waals surface area contributed by atoms with Gasteiger partial charge < -0.3 is 14.1 Å². The summed E-state index contributed by atoms with van der Waals surface area (Å²) in [4.78, 5) is 34.3. The number of anilines is 1. The van der Waals surface area contributed by atoms with Crippen LogP contribution in [0.15, 0.2) is 51.7 Å². The van der Waals surface area contributed by atoms with E-state index < -0.39 is 0 Å². The molecule has 2 unspecified atom stereocenters. The second-order valence-electron chi connectivity index (χ2n) is 8.12. The number of ether oxygens (including phenoxy) is 1. The van der Waals surface area contributed by atoms with Crippen molar-refractivity contribution in [2.24, 2.45) is 4.99 Å². The number of furan rings is 1. The van der Waals surface area contributed by atoms with Crippen molar-refractivity contribution < 1.29 is 18.7 Å². The number of methoxy groups -OCH3 is 1. The zero-order valence-corrected chi connectivity index (χ0v) is 20.4. The third-order valence-corrected chi connectivity index (χ3v) is 7.07. The first-order chi connectivity index (χ1) is 15.9. The Morgan fingerprint density at radius 1 is 1.30 bits per heavy atom. The molecule has 2 amide bonds. The number of hydrogen-bond acceptors (Lipinski definition) is 6. The SMILES string of the molecule is COc1ccc(N2C(=O)/C(=C\c3ccco3)N=C2SCC(=O)N2C(C)CCCC2C)cc1Cl. The molecule has 1 saturated heterocycles. The number of likely N-dealkylation sites (tertiary alicyclic amines) is 1. The summed E-state index contributed by atoms with van der Waals surface area (Å²) in [7, 11) is 1.53. The van der Waals surface area contributed by atoms with Crippen LogP contribution in [0.3, 0.4) is 0 Å². The van der Waals surface area contributed by atoms with Crippen LogP contribution in [0, 0.1) is 0 Å². The fourth-order valence-corrected chi connectivity index (χ4v) is 5.37. The van der Waals surface area contributed by atoms with Gasteiger partial charge in [-0.2, -0.15) is 0 Å². The summed E-state index contributed by atoms with van der Waals surface area (Å²) in [5, 5.41) is 0.798. The van der Waals surface area contributed by atoms with Gasteiger partial charge in [-0.1, -0.05) is 23.4 Å². The molecule has 174 valence electrons. The standard InChI is InChI=1S/C24H26ClN3O4S/c1-15-6-4-7-16(2)27(15)22(29)14-33-24-26-20(13-18-8-5-11-32-18)23(30)28(24)17-9-10-21(31-3)19(25)12-17/h5,8-13,15-16H,4,6-7,14H2,1-3H3/b20-13+. The van der Waals surface area contributed by atoms with Crippen LogP contribution in [0.25, 0.3) is 6.08 Å². The number of amides is 2. The van der Waals surface area contributed by atoms with Crippen molar-refractivity contribution in [1.82, 2.24) is 4.90 Å². The number of aliphatic imine (C=N–C) groups is 1. The van der Waals surface area contributed by atoms with Gasteiger partial charge in [0.15, 0.2) is 5.17 Å².